The van der Waals surface area contributed by atoms with Crippen LogP contribution in [0.2, 0.25) is 0 Å². The number of hydrogen-bond donors (Lipinski definition) is 0. The molecule has 2 aromatic rings. The summed E-state index contributed by atoms with van der Waals surface area (Å²) in [5, 5.41) is -2.08. The van der Waals surface area contributed by atoms with Gasteiger partial charge >= 0.3 is 18.5 Å². The van der Waals surface area contributed by atoms with Crippen LogP contribution < -0.4 is 0 Å². The van der Waals surface area contributed by atoms with Crippen LogP contribution in [-0.2, 0) is 18.5 Å². The maximum Gasteiger partial charge on any atom is 0.417 e. The molecule has 0 aliphatic heterocycles. The predicted molar refractivity (Wildman–Crippen MR) is 59.0 cm³/mol. The summed E-state index contributed by atoms with van der Waals surface area (Å²) < 4.78 is 116. The molecular weight excluding hydrogens is 327 g/mol. The molecule has 0 aliphatic rings. The molecule has 0 radical (unpaired) electrons. The fraction of sp³-hybridized carbons (Fsp3) is 0.231. The minimum atomic E-state index is -5.57. The Balaban J connectivity index is 3.05. The van der Waals surface area contributed by atoms with Crippen molar-refractivity contribution in [1.82, 2.24) is 0 Å². The van der Waals surface area contributed by atoms with Gasteiger partial charge in [-0.1, -0.05) is 24.3 Å². The van der Waals surface area contributed by atoms with Gasteiger partial charge in [0.25, 0.3) is 0 Å². The Kier molecular flexibility index (Phi) is 3.58. The smallest absolute Gasteiger partial charge is 0.166 e. The van der Waals surface area contributed by atoms with E-state index in [2.05, 4.69) is 0 Å². The number of alkyl halides is 9. The van der Waals surface area contributed by atoms with Crippen LogP contribution >= 0.6 is 0 Å². The molecule has 0 saturated heterocycles. The van der Waals surface area contributed by atoms with Gasteiger partial charge in [-0.15, -0.1) is 0 Å². The lowest BCUT2D eigenvalue weighted by atomic mass is 9.93. The van der Waals surface area contributed by atoms with Gasteiger partial charge in [0.15, 0.2) is 0 Å². The lowest BCUT2D eigenvalue weighted by Crippen LogP contribution is -2.19. The third-order valence-electron chi connectivity index (χ3n) is 2.94. The van der Waals surface area contributed by atoms with Crippen LogP contribution in [0.4, 0.5) is 39.5 Å². The normalized spacial score (nSPS) is 13.7. The Hall–Kier alpha value is -1.93. The molecule has 22 heavy (non-hydrogen) atoms. The SMILES string of the molecule is FC(F)(F)c1cc(C(F)(F)F)c2ccccc2c1C(F)(F)F. The Morgan fingerprint density at radius 2 is 1.00 bits per heavy atom. The number of fused-ring (bicyclic) bond motifs is 1. The van der Waals surface area contributed by atoms with Gasteiger partial charge in [0.2, 0.25) is 0 Å². The monoisotopic (exact) mass is 332 g/mol. The van der Waals surface area contributed by atoms with E-state index in [0.29, 0.717) is 12.1 Å². The first kappa shape index (κ1) is 16.4. The summed E-state index contributed by atoms with van der Waals surface area (Å²) in [7, 11) is 0. The highest BCUT2D eigenvalue weighted by Gasteiger charge is 2.47. The highest BCUT2D eigenvalue weighted by atomic mass is 19.4. The summed E-state index contributed by atoms with van der Waals surface area (Å²) in [5.74, 6) is 0. The molecule has 0 unspecified atom stereocenters. The molecule has 2 rings (SSSR count). The highest BCUT2D eigenvalue weighted by Crippen LogP contribution is 2.47. The van der Waals surface area contributed by atoms with E-state index in [1.54, 1.807) is 0 Å². The quantitative estimate of drug-likeness (QED) is 0.527. The molecular formula is C13H5F9. The second-order valence-electron chi connectivity index (χ2n) is 4.39. The molecule has 0 nitrogen and oxygen atoms in total. The minimum absolute atomic E-state index is 0.495. The number of rotatable bonds is 0. The summed E-state index contributed by atoms with van der Waals surface area (Å²) in [4.78, 5) is 0. The van der Waals surface area contributed by atoms with Crippen molar-refractivity contribution < 1.29 is 39.5 Å². The van der Waals surface area contributed by atoms with Crippen molar-refractivity contribution >= 4 is 10.8 Å². The van der Waals surface area contributed by atoms with Crippen molar-refractivity contribution in [3.63, 3.8) is 0 Å². The van der Waals surface area contributed by atoms with Crippen molar-refractivity contribution in [2.45, 2.75) is 18.5 Å². The van der Waals surface area contributed by atoms with Crippen molar-refractivity contribution in [1.29, 1.82) is 0 Å². The topological polar surface area (TPSA) is 0 Å². The first-order valence-corrected chi connectivity index (χ1v) is 5.61. The molecule has 0 atom stereocenters. The summed E-state index contributed by atoms with van der Waals surface area (Å²) >= 11 is 0. The van der Waals surface area contributed by atoms with Gasteiger partial charge in [-0.2, -0.15) is 39.5 Å². The van der Waals surface area contributed by atoms with E-state index < -0.39 is 52.1 Å². The van der Waals surface area contributed by atoms with Crippen LogP contribution in [0.15, 0.2) is 30.3 Å². The molecule has 0 fully saturated rings. The molecule has 0 aromatic heterocycles. The van der Waals surface area contributed by atoms with Gasteiger partial charge in [0, 0.05) is 0 Å². The molecule has 120 valence electrons. The van der Waals surface area contributed by atoms with E-state index in [1.807, 2.05) is 0 Å². The zero-order valence-electron chi connectivity index (χ0n) is 10.3. The first-order valence-electron chi connectivity index (χ1n) is 5.61. The zero-order chi connectivity index (χ0) is 16.9. The number of benzene rings is 2. The summed E-state index contributed by atoms with van der Waals surface area (Å²) in [6, 6.07) is 2.75. The van der Waals surface area contributed by atoms with Crippen molar-refractivity contribution in [3.05, 3.63) is 47.0 Å². The van der Waals surface area contributed by atoms with E-state index in [9.17, 15) is 39.5 Å². The molecule has 2 aromatic carbocycles. The minimum Gasteiger partial charge on any atom is -0.166 e. The second-order valence-corrected chi connectivity index (χ2v) is 4.39. The van der Waals surface area contributed by atoms with Gasteiger partial charge < -0.3 is 0 Å². The third-order valence-corrected chi connectivity index (χ3v) is 2.94. The molecule has 9 heteroatoms. The Bertz CT molecular complexity index is 704. The lowest BCUT2D eigenvalue weighted by molar-refractivity contribution is -0.162. The van der Waals surface area contributed by atoms with E-state index in [0.717, 1.165) is 12.1 Å². The first-order chi connectivity index (χ1) is 9.83. The number of halogens is 9. The molecule has 0 amide bonds. The zero-order valence-corrected chi connectivity index (χ0v) is 10.3. The molecule has 0 N–H and O–H groups in total. The van der Waals surface area contributed by atoms with E-state index in [-0.39, 0.29) is 0 Å². The lowest BCUT2D eigenvalue weighted by Gasteiger charge is -2.21. The van der Waals surface area contributed by atoms with E-state index in [1.165, 1.54) is 0 Å². The average Bonchev–Trinajstić information content (AvgIpc) is 2.33. The molecule has 0 heterocycles. The Morgan fingerprint density at radius 1 is 0.545 bits per heavy atom. The van der Waals surface area contributed by atoms with Crippen LogP contribution in [-0.4, -0.2) is 0 Å². The van der Waals surface area contributed by atoms with Gasteiger partial charge in [-0.05, 0) is 16.8 Å². The third kappa shape index (κ3) is 2.84. The molecule has 0 bridgehead atoms. The van der Waals surface area contributed by atoms with Crippen molar-refractivity contribution in [2.24, 2.45) is 0 Å². The van der Waals surface area contributed by atoms with Gasteiger partial charge in [0.1, 0.15) is 0 Å². The van der Waals surface area contributed by atoms with Crippen LogP contribution in [0.5, 0.6) is 0 Å². The van der Waals surface area contributed by atoms with E-state index >= 15 is 0 Å². The molecule has 0 aliphatic carbocycles. The maximum atomic E-state index is 13.0. The highest BCUT2D eigenvalue weighted by molar-refractivity contribution is 5.91. The Morgan fingerprint density at radius 3 is 1.41 bits per heavy atom. The molecule has 0 saturated carbocycles. The van der Waals surface area contributed by atoms with Crippen LogP contribution in [0.3, 0.4) is 0 Å². The van der Waals surface area contributed by atoms with Gasteiger partial charge in [-0.3, -0.25) is 0 Å². The second kappa shape index (κ2) is 4.79. The average molecular weight is 332 g/mol. The summed E-state index contributed by atoms with van der Waals surface area (Å²) in [6.07, 6.45) is -16.2. The number of hydrogen-bond acceptors (Lipinski definition) is 0. The standard InChI is InChI=1S/C13H5F9/c14-11(15,16)8-5-9(12(17,18)19)10(13(20,21)22)7-4-2-1-3-6(7)8/h1-5H. The summed E-state index contributed by atoms with van der Waals surface area (Å²) in [5.41, 5.74) is -6.24. The van der Waals surface area contributed by atoms with Crippen LogP contribution in [0, 0.1) is 0 Å². The van der Waals surface area contributed by atoms with Crippen LogP contribution in [0.1, 0.15) is 16.7 Å². The predicted octanol–water partition coefficient (Wildman–Crippen LogP) is 5.90. The fourth-order valence-corrected chi connectivity index (χ4v) is 2.14. The largest absolute Gasteiger partial charge is 0.417 e. The van der Waals surface area contributed by atoms with Crippen LogP contribution in [0.25, 0.3) is 10.8 Å². The fourth-order valence-electron chi connectivity index (χ4n) is 2.14. The van der Waals surface area contributed by atoms with Gasteiger partial charge in [-0.25, -0.2) is 0 Å². The summed E-state index contributed by atoms with van der Waals surface area (Å²) in [6.45, 7) is 0. The van der Waals surface area contributed by atoms with Gasteiger partial charge in [0.05, 0.1) is 16.7 Å². The maximum absolute atomic E-state index is 13.0. The van der Waals surface area contributed by atoms with E-state index in [4.69, 9.17) is 0 Å². The van der Waals surface area contributed by atoms with Crippen molar-refractivity contribution in [2.75, 3.05) is 0 Å². The molecule has 0 spiro atoms. The van der Waals surface area contributed by atoms with Crippen molar-refractivity contribution in [3.8, 4) is 0 Å². The Labute approximate surface area is 117 Å².